The number of rotatable bonds is 5. The zero-order valence-corrected chi connectivity index (χ0v) is 23.8. The molecule has 4 aliphatic rings. The highest BCUT2D eigenvalue weighted by Crippen LogP contribution is 2.45. The van der Waals surface area contributed by atoms with Gasteiger partial charge in [0, 0.05) is 24.0 Å². The van der Waals surface area contributed by atoms with Gasteiger partial charge in [0.2, 0.25) is 5.91 Å². The fourth-order valence-electron chi connectivity index (χ4n) is 5.16. The normalized spacial score (nSPS) is 30.2. The van der Waals surface area contributed by atoms with Crippen LogP contribution in [0.1, 0.15) is 85.0 Å². The zero-order chi connectivity index (χ0) is 28.4. The molecule has 4 atom stereocenters. The number of ether oxygens (including phenoxy) is 1. The minimum atomic E-state index is -4.06. The summed E-state index contributed by atoms with van der Waals surface area (Å²) in [6, 6.07) is -1.03. The maximum absolute atomic E-state index is 13.6. The maximum atomic E-state index is 13.6. The Kier molecular flexibility index (Phi) is 8.60. The zero-order valence-electron chi connectivity index (χ0n) is 23.0. The molecule has 4 N–H and O–H groups in total. The molecule has 3 fully saturated rings. The number of amides is 4. The number of nitrogens with zero attached hydrogens (tertiary/aromatic N) is 1. The summed E-state index contributed by atoms with van der Waals surface area (Å²) in [5, 5.41) is 5.51. The van der Waals surface area contributed by atoms with Crippen LogP contribution in [-0.2, 0) is 29.3 Å². The number of hydrogen-bond acceptors (Lipinski definition) is 7. The molecule has 0 aromatic carbocycles. The number of alkyl carbamates (subject to hydrolysis) is 1. The van der Waals surface area contributed by atoms with E-state index in [0.29, 0.717) is 32.2 Å². The van der Waals surface area contributed by atoms with Crippen LogP contribution in [0.5, 0.6) is 0 Å². The van der Waals surface area contributed by atoms with E-state index in [1.165, 1.54) is 4.90 Å². The van der Waals surface area contributed by atoms with Crippen molar-refractivity contribution in [3.8, 4) is 0 Å². The molecule has 39 heavy (non-hydrogen) atoms. The average Bonchev–Trinajstić information content (AvgIpc) is 3.70. The molecule has 2 saturated carbocycles. The molecule has 218 valence electrons. The first kappa shape index (κ1) is 29.3. The van der Waals surface area contributed by atoms with E-state index < -0.39 is 57.2 Å². The summed E-state index contributed by atoms with van der Waals surface area (Å²) in [4.78, 5) is 54.2. The van der Waals surface area contributed by atoms with Crippen molar-refractivity contribution in [3.63, 3.8) is 0 Å². The molecule has 2 aliphatic carbocycles. The molecule has 12 nitrogen and oxygen atoms in total. The second-order valence-corrected chi connectivity index (χ2v) is 13.6. The van der Waals surface area contributed by atoms with E-state index >= 15 is 0 Å². The number of carbonyl (C=O) groups is 4. The van der Waals surface area contributed by atoms with Crippen molar-refractivity contribution in [3.05, 3.63) is 12.2 Å². The van der Waals surface area contributed by atoms with Crippen LogP contribution in [0.25, 0.3) is 0 Å². The van der Waals surface area contributed by atoms with E-state index in [4.69, 9.17) is 4.74 Å². The molecule has 0 radical (unpaired) electrons. The van der Waals surface area contributed by atoms with Gasteiger partial charge in [0.25, 0.3) is 11.8 Å². The highest BCUT2D eigenvalue weighted by molar-refractivity contribution is 7.88. The van der Waals surface area contributed by atoms with Gasteiger partial charge < -0.3 is 20.3 Å². The lowest BCUT2D eigenvalue weighted by atomic mass is 10.1. The standard InChI is InChI=1S/C26H41N5O7S/c1-25(2,3)28-24(35)38-20-12-8-6-4-5-7-10-17-16-26(17,23(34)30-39(36,37)29-18-13-14-18)27-21(32)19-11-9-15-31(19)22(20)33/h7,10,17-20,29H,4-6,8-9,11-16H2,1-3H3,(H,27,32)(H,28,35)(H,30,34)/t17-,19+,20+,26-/m1/s1. The molecule has 0 aromatic heterocycles. The third-order valence-electron chi connectivity index (χ3n) is 7.44. The first-order valence-electron chi connectivity index (χ1n) is 13.9. The predicted octanol–water partition coefficient (Wildman–Crippen LogP) is 1.38. The lowest BCUT2D eigenvalue weighted by molar-refractivity contribution is -0.146. The topological polar surface area (TPSA) is 163 Å². The first-order valence-corrected chi connectivity index (χ1v) is 15.4. The van der Waals surface area contributed by atoms with Crippen LogP contribution in [0.15, 0.2) is 12.2 Å². The van der Waals surface area contributed by atoms with Crippen LogP contribution < -0.4 is 20.1 Å². The van der Waals surface area contributed by atoms with Crippen LogP contribution >= 0.6 is 0 Å². The molecule has 0 unspecified atom stereocenters. The Hall–Kier alpha value is -2.67. The minimum absolute atomic E-state index is 0.177. The van der Waals surface area contributed by atoms with Crippen molar-refractivity contribution in [2.75, 3.05) is 6.54 Å². The fraction of sp³-hybridized carbons (Fsp3) is 0.769. The summed E-state index contributed by atoms with van der Waals surface area (Å²) in [6.07, 6.45) is 8.10. The Morgan fingerprint density at radius 2 is 1.82 bits per heavy atom. The SMILES string of the molecule is CC(C)(C)NC(=O)O[C@H]1CCCCCC=C[C@@H]2C[C@@]2(C(=O)NS(=O)(=O)NC2CC2)NC(=O)[C@@H]2CCCN2C1=O. The molecule has 2 aliphatic heterocycles. The summed E-state index contributed by atoms with van der Waals surface area (Å²) in [5.74, 6) is -2.11. The van der Waals surface area contributed by atoms with E-state index in [2.05, 4.69) is 20.1 Å². The van der Waals surface area contributed by atoms with Crippen molar-refractivity contribution in [1.29, 1.82) is 0 Å². The molecular formula is C26H41N5O7S. The Morgan fingerprint density at radius 1 is 1.08 bits per heavy atom. The van der Waals surface area contributed by atoms with Gasteiger partial charge in [-0.3, -0.25) is 14.4 Å². The molecule has 0 spiro atoms. The van der Waals surface area contributed by atoms with E-state index in [1.54, 1.807) is 0 Å². The largest absolute Gasteiger partial charge is 0.436 e. The van der Waals surface area contributed by atoms with Crippen molar-refractivity contribution < 1.29 is 32.3 Å². The van der Waals surface area contributed by atoms with Gasteiger partial charge in [-0.2, -0.15) is 13.1 Å². The highest BCUT2D eigenvalue weighted by Gasteiger charge is 2.61. The Balaban J connectivity index is 1.52. The van der Waals surface area contributed by atoms with Crippen molar-refractivity contribution in [2.45, 2.75) is 114 Å². The van der Waals surface area contributed by atoms with Crippen LogP contribution in [0.2, 0.25) is 0 Å². The maximum Gasteiger partial charge on any atom is 0.408 e. The van der Waals surface area contributed by atoms with Gasteiger partial charge in [-0.15, -0.1) is 0 Å². The summed E-state index contributed by atoms with van der Waals surface area (Å²) < 4.78 is 35.0. The minimum Gasteiger partial charge on any atom is -0.436 e. The van der Waals surface area contributed by atoms with Gasteiger partial charge >= 0.3 is 16.3 Å². The van der Waals surface area contributed by atoms with Gasteiger partial charge in [0.1, 0.15) is 11.6 Å². The molecule has 2 heterocycles. The second kappa shape index (κ2) is 11.4. The smallest absolute Gasteiger partial charge is 0.408 e. The van der Waals surface area contributed by atoms with E-state index in [-0.39, 0.29) is 18.4 Å². The summed E-state index contributed by atoms with van der Waals surface area (Å²) in [7, 11) is -4.06. The average molecular weight is 568 g/mol. The van der Waals surface area contributed by atoms with Crippen molar-refractivity contribution in [2.24, 2.45) is 5.92 Å². The lowest BCUT2D eigenvalue weighted by Crippen LogP contribution is -2.58. The van der Waals surface area contributed by atoms with Gasteiger partial charge in [-0.25, -0.2) is 9.52 Å². The van der Waals surface area contributed by atoms with Gasteiger partial charge in [0.05, 0.1) is 0 Å². The first-order chi connectivity index (χ1) is 18.3. The number of hydrogen-bond donors (Lipinski definition) is 4. The molecule has 0 bridgehead atoms. The van der Waals surface area contributed by atoms with Gasteiger partial charge in [0.15, 0.2) is 6.10 Å². The predicted molar refractivity (Wildman–Crippen MR) is 142 cm³/mol. The van der Waals surface area contributed by atoms with E-state index in [1.807, 2.05) is 32.9 Å². The third kappa shape index (κ3) is 7.71. The lowest BCUT2D eigenvalue weighted by Gasteiger charge is -2.30. The monoisotopic (exact) mass is 567 g/mol. The molecule has 4 rings (SSSR count). The second-order valence-electron chi connectivity index (χ2n) is 12.1. The Labute approximate surface area is 230 Å². The van der Waals surface area contributed by atoms with E-state index in [0.717, 1.165) is 32.1 Å². The number of nitrogens with one attached hydrogen (secondary N) is 4. The molecule has 1 saturated heterocycles. The molecule has 4 amide bonds. The Bertz CT molecular complexity index is 1110. The highest BCUT2D eigenvalue weighted by atomic mass is 32.2. The third-order valence-corrected chi connectivity index (χ3v) is 8.54. The van der Waals surface area contributed by atoms with Crippen molar-refractivity contribution >= 4 is 34.0 Å². The van der Waals surface area contributed by atoms with E-state index in [9.17, 15) is 27.6 Å². The molecule has 0 aromatic rings. The van der Waals surface area contributed by atoms with Crippen LogP contribution in [0, 0.1) is 5.92 Å². The number of allylic oxidation sites excluding steroid dienone is 1. The van der Waals surface area contributed by atoms with Gasteiger partial charge in [-0.1, -0.05) is 18.6 Å². The van der Waals surface area contributed by atoms with Crippen LogP contribution in [-0.4, -0.2) is 72.9 Å². The fourth-order valence-corrected chi connectivity index (χ4v) is 6.32. The molecule has 13 heteroatoms. The molecular weight excluding hydrogens is 526 g/mol. The number of carbonyl (C=O) groups excluding carboxylic acids is 4. The Morgan fingerprint density at radius 3 is 2.51 bits per heavy atom. The van der Waals surface area contributed by atoms with Gasteiger partial charge in [-0.05, 0) is 78.6 Å². The van der Waals surface area contributed by atoms with Crippen LogP contribution in [0.3, 0.4) is 0 Å². The number of fused-ring (bicyclic) bond motifs is 2. The quantitative estimate of drug-likeness (QED) is 0.365. The summed E-state index contributed by atoms with van der Waals surface area (Å²) >= 11 is 0. The summed E-state index contributed by atoms with van der Waals surface area (Å²) in [6.45, 7) is 5.75. The van der Waals surface area contributed by atoms with Crippen molar-refractivity contribution in [1.82, 2.24) is 25.0 Å². The van der Waals surface area contributed by atoms with Crippen LogP contribution in [0.4, 0.5) is 4.79 Å². The summed E-state index contributed by atoms with van der Waals surface area (Å²) in [5.41, 5.74) is -1.95.